The highest BCUT2D eigenvalue weighted by Gasteiger charge is 2.28. The second-order valence-electron chi connectivity index (χ2n) is 9.39. The van der Waals surface area contributed by atoms with E-state index in [-0.39, 0.29) is 30.4 Å². The molecular weight excluding hydrogens is 500 g/mol. The summed E-state index contributed by atoms with van der Waals surface area (Å²) in [7, 11) is 0. The first-order valence-electron chi connectivity index (χ1n) is 12.5. The Labute approximate surface area is 224 Å². The summed E-state index contributed by atoms with van der Waals surface area (Å²) in [6.07, 6.45) is 1.41. The number of carbonyl (C=O) groups is 2. The van der Waals surface area contributed by atoms with Crippen molar-refractivity contribution < 1.29 is 9.59 Å². The number of pyridine rings is 2. The van der Waals surface area contributed by atoms with Gasteiger partial charge in [0, 0.05) is 42.5 Å². The molecule has 194 valence electrons. The number of hydrogen-bond acceptors (Lipinski definition) is 10. The van der Waals surface area contributed by atoms with Crippen LogP contribution >= 0.6 is 11.3 Å². The van der Waals surface area contributed by atoms with E-state index in [1.54, 1.807) is 0 Å². The van der Waals surface area contributed by atoms with E-state index in [1.165, 1.54) is 11.3 Å². The van der Waals surface area contributed by atoms with Crippen LogP contribution in [0.5, 0.6) is 0 Å². The Bertz CT molecular complexity index is 1440. The molecule has 11 heteroatoms. The first-order valence-corrected chi connectivity index (χ1v) is 13.3. The van der Waals surface area contributed by atoms with E-state index in [1.807, 2.05) is 62.4 Å². The van der Waals surface area contributed by atoms with Crippen LogP contribution in [0.2, 0.25) is 0 Å². The Morgan fingerprint density at radius 3 is 2.37 bits per heavy atom. The van der Waals surface area contributed by atoms with E-state index in [9.17, 15) is 9.59 Å². The predicted octanol–water partition coefficient (Wildman–Crippen LogP) is 3.01. The third-order valence-electron chi connectivity index (χ3n) is 6.30. The van der Waals surface area contributed by atoms with Gasteiger partial charge in [-0.15, -0.1) is 10.2 Å². The second kappa shape index (κ2) is 11.5. The number of Topliss-reactive ketones (excluding diaryl/α,β-unsaturated/α-hetero) is 1. The highest BCUT2D eigenvalue weighted by molar-refractivity contribution is 7.17. The fourth-order valence-electron chi connectivity index (χ4n) is 4.40. The van der Waals surface area contributed by atoms with Crippen molar-refractivity contribution in [2.45, 2.75) is 45.6 Å². The quantitative estimate of drug-likeness (QED) is 0.349. The monoisotopic (exact) mass is 528 g/mol. The summed E-state index contributed by atoms with van der Waals surface area (Å²) < 4.78 is 0. The molecule has 0 saturated carbocycles. The van der Waals surface area contributed by atoms with E-state index in [0.29, 0.717) is 22.4 Å². The van der Waals surface area contributed by atoms with Crippen LogP contribution in [0.4, 0.5) is 5.13 Å². The molecule has 0 bridgehead atoms. The molecule has 5 heterocycles. The third-order valence-corrected chi connectivity index (χ3v) is 7.29. The SMILES string of the molecule is Cc1cccc(CNC(=O)c2nnc(N3CCC(c4ccc(CC(=O)Cc5cccc(C)n5)nn4)C3)s2)n1. The van der Waals surface area contributed by atoms with E-state index < -0.39 is 0 Å². The smallest absolute Gasteiger partial charge is 0.282 e. The summed E-state index contributed by atoms with van der Waals surface area (Å²) in [5.41, 5.74) is 4.91. The largest absolute Gasteiger partial charge is 0.346 e. The van der Waals surface area contributed by atoms with Gasteiger partial charge in [-0.25, -0.2) is 0 Å². The van der Waals surface area contributed by atoms with Gasteiger partial charge >= 0.3 is 0 Å². The van der Waals surface area contributed by atoms with Gasteiger partial charge < -0.3 is 10.2 Å². The van der Waals surface area contributed by atoms with E-state index >= 15 is 0 Å². The van der Waals surface area contributed by atoms with Gasteiger partial charge in [0.1, 0.15) is 5.78 Å². The number of carbonyl (C=O) groups excluding carboxylic acids is 2. The van der Waals surface area contributed by atoms with E-state index in [2.05, 4.69) is 40.6 Å². The van der Waals surface area contributed by atoms with Crippen molar-refractivity contribution in [3.8, 4) is 0 Å². The van der Waals surface area contributed by atoms with Crippen LogP contribution in [0.1, 0.15) is 56.3 Å². The molecule has 1 N–H and O–H groups in total. The molecule has 0 aromatic carbocycles. The van der Waals surface area contributed by atoms with Crippen molar-refractivity contribution in [3.05, 3.63) is 87.7 Å². The molecule has 1 aliphatic rings. The summed E-state index contributed by atoms with van der Waals surface area (Å²) in [4.78, 5) is 35.9. The maximum atomic E-state index is 12.5. The number of hydrogen-bond donors (Lipinski definition) is 1. The Kier molecular flexibility index (Phi) is 7.73. The summed E-state index contributed by atoms with van der Waals surface area (Å²) >= 11 is 1.28. The maximum absolute atomic E-state index is 12.5. The van der Waals surface area contributed by atoms with Gasteiger partial charge in [-0.2, -0.15) is 10.2 Å². The fraction of sp³-hybridized carbons (Fsp3) is 0.333. The number of nitrogens with one attached hydrogen (secondary N) is 1. The van der Waals surface area contributed by atoms with Gasteiger partial charge in [0.25, 0.3) is 5.91 Å². The first kappa shape index (κ1) is 25.5. The highest BCUT2D eigenvalue weighted by atomic mass is 32.1. The number of aryl methyl sites for hydroxylation is 2. The van der Waals surface area contributed by atoms with Crippen LogP contribution in [-0.4, -0.2) is 55.1 Å². The van der Waals surface area contributed by atoms with Gasteiger partial charge in [0.15, 0.2) is 0 Å². The zero-order valence-corrected chi connectivity index (χ0v) is 22.1. The van der Waals surface area contributed by atoms with E-state index in [0.717, 1.165) is 48.0 Å². The Morgan fingerprint density at radius 1 is 0.895 bits per heavy atom. The number of rotatable bonds is 9. The molecule has 0 aliphatic carbocycles. The maximum Gasteiger partial charge on any atom is 0.282 e. The van der Waals surface area contributed by atoms with Gasteiger partial charge in [-0.3, -0.25) is 19.6 Å². The lowest BCUT2D eigenvalue weighted by Gasteiger charge is -2.13. The first-order chi connectivity index (χ1) is 18.4. The Morgan fingerprint density at radius 2 is 1.63 bits per heavy atom. The number of anilines is 1. The van der Waals surface area contributed by atoms with Crippen LogP contribution in [0.15, 0.2) is 48.5 Å². The normalized spacial score (nSPS) is 15.0. The van der Waals surface area contributed by atoms with Crippen LogP contribution in [0.25, 0.3) is 0 Å². The predicted molar refractivity (Wildman–Crippen MR) is 143 cm³/mol. The number of nitrogens with zero attached hydrogens (tertiary/aromatic N) is 7. The molecule has 0 spiro atoms. The lowest BCUT2D eigenvalue weighted by molar-refractivity contribution is -0.117. The van der Waals surface area contributed by atoms with Crippen molar-refractivity contribution in [2.24, 2.45) is 0 Å². The minimum absolute atomic E-state index is 0.0587. The number of ketones is 1. The molecule has 5 rings (SSSR count). The molecule has 10 nitrogen and oxygen atoms in total. The fourth-order valence-corrected chi connectivity index (χ4v) is 5.20. The Balaban J connectivity index is 1.13. The second-order valence-corrected chi connectivity index (χ2v) is 10.3. The van der Waals surface area contributed by atoms with Gasteiger partial charge in [0.05, 0.1) is 30.0 Å². The summed E-state index contributed by atoms with van der Waals surface area (Å²) in [5.74, 6) is -0.0113. The summed E-state index contributed by atoms with van der Waals surface area (Å²) in [5, 5.41) is 20.9. The molecule has 1 saturated heterocycles. The molecule has 1 unspecified atom stereocenters. The molecule has 1 atom stereocenters. The van der Waals surface area contributed by atoms with Crippen LogP contribution in [-0.2, 0) is 24.2 Å². The number of amides is 1. The minimum atomic E-state index is -0.262. The molecule has 1 aliphatic heterocycles. The molecule has 38 heavy (non-hydrogen) atoms. The van der Waals surface area contributed by atoms with Crippen molar-refractivity contribution >= 4 is 28.2 Å². The van der Waals surface area contributed by atoms with Gasteiger partial charge in [-0.1, -0.05) is 23.5 Å². The van der Waals surface area contributed by atoms with Gasteiger partial charge in [-0.05, 0) is 56.7 Å². The van der Waals surface area contributed by atoms with Crippen LogP contribution in [0, 0.1) is 13.8 Å². The van der Waals surface area contributed by atoms with Crippen molar-refractivity contribution in [2.75, 3.05) is 18.0 Å². The Hall–Kier alpha value is -4.12. The van der Waals surface area contributed by atoms with Crippen molar-refractivity contribution in [3.63, 3.8) is 0 Å². The average Bonchev–Trinajstić information content (AvgIpc) is 3.58. The summed E-state index contributed by atoms with van der Waals surface area (Å²) in [6.45, 7) is 5.67. The molecule has 1 fully saturated rings. The minimum Gasteiger partial charge on any atom is -0.346 e. The highest BCUT2D eigenvalue weighted by Crippen LogP contribution is 2.31. The number of aromatic nitrogens is 6. The van der Waals surface area contributed by atoms with Crippen molar-refractivity contribution in [1.82, 2.24) is 35.7 Å². The lowest BCUT2D eigenvalue weighted by Crippen LogP contribution is -2.23. The lowest BCUT2D eigenvalue weighted by atomic mass is 10.0. The molecule has 4 aromatic rings. The topological polar surface area (TPSA) is 127 Å². The summed E-state index contributed by atoms with van der Waals surface area (Å²) in [6, 6.07) is 15.2. The van der Waals surface area contributed by atoms with Crippen LogP contribution in [0.3, 0.4) is 0 Å². The molecule has 1 amide bonds. The molecule has 4 aromatic heterocycles. The van der Waals surface area contributed by atoms with Gasteiger partial charge in [0.2, 0.25) is 10.1 Å². The van der Waals surface area contributed by atoms with Crippen LogP contribution < -0.4 is 10.2 Å². The average molecular weight is 529 g/mol. The van der Waals surface area contributed by atoms with Crippen molar-refractivity contribution in [1.29, 1.82) is 0 Å². The zero-order valence-electron chi connectivity index (χ0n) is 21.3. The molecule has 0 radical (unpaired) electrons. The molecular formula is C27H28N8O2S. The zero-order chi connectivity index (χ0) is 26.5. The third kappa shape index (κ3) is 6.41. The van der Waals surface area contributed by atoms with E-state index in [4.69, 9.17) is 0 Å². The standard InChI is InChI=1S/C27H28N8O2S/c1-17-5-3-7-20(29-17)13-23(36)14-21-9-10-24(32-31-21)19-11-12-35(16-19)27-34-33-26(38-27)25(37)28-15-22-8-4-6-18(2)30-22/h3-10,19H,11-16H2,1-2H3,(H,28,37).